The Morgan fingerprint density at radius 1 is 0.953 bits per heavy atom. The van der Waals surface area contributed by atoms with Gasteiger partial charge in [0.25, 0.3) is 0 Å². The zero-order valence-corrected chi connectivity index (χ0v) is 23.6. The second-order valence-electron chi connectivity index (χ2n) is 10.9. The Hall–Kier alpha value is -4.64. The topological polar surface area (TPSA) is 93.3 Å². The molecule has 4 heterocycles. The van der Waals surface area contributed by atoms with Crippen LogP contribution in [-0.4, -0.2) is 73.3 Å². The Balaban J connectivity index is 1.09. The normalized spacial score (nSPS) is 14.8. The fourth-order valence-corrected chi connectivity index (χ4v) is 5.68. The minimum atomic E-state index is -0.454. The number of rotatable bonds is 9. The highest BCUT2D eigenvalue weighted by Gasteiger charge is 2.16. The van der Waals surface area contributed by atoms with Gasteiger partial charge < -0.3 is 19.7 Å². The molecule has 1 saturated heterocycles. The van der Waals surface area contributed by atoms with Crippen LogP contribution >= 0.6 is 0 Å². The van der Waals surface area contributed by atoms with E-state index in [2.05, 4.69) is 49.7 Å². The number of anilines is 2. The van der Waals surface area contributed by atoms with E-state index < -0.39 is 6.10 Å². The number of hydrogen-bond donors (Lipinski definition) is 2. The van der Waals surface area contributed by atoms with Gasteiger partial charge in [-0.2, -0.15) is 5.10 Å². The van der Waals surface area contributed by atoms with E-state index in [1.54, 1.807) is 12.4 Å². The molecule has 3 aromatic heterocycles. The lowest BCUT2D eigenvalue weighted by Crippen LogP contribution is -2.41. The summed E-state index contributed by atoms with van der Waals surface area (Å²) in [6.07, 6.45) is 7.00. The Bertz CT molecular complexity index is 1880. The molecule has 0 amide bonds. The first-order valence-electron chi connectivity index (χ1n) is 14.4. The molecule has 9 nitrogen and oxygen atoms in total. The van der Waals surface area contributed by atoms with Gasteiger partial charge in [-0.05, 0) is 65.2 Å². The quantitative estimate of drug-likeness (QED) is 0.248. The van der Waals surface area contributed by atoms with Crippen molar-refractivity contribution in [2.24, 2.45) is 0 Å². The van der Waals surface area contributed by atoms with E-state index in [1.165, 1.54) is 12.1 Å². The summed E-state index contributed by atoms with van der Waals surface area (Å²) in [5, 5.41) is 20.5. The summed E-state index contributed by atoms with van der Waals surface area (Å²) in [5.41, 5.74) is 5.64. The van der Waals surface area contributed by atoms with Crippen molar-refractivity contribution < 1.29 is 14.2 Å². The van der Waals surface area contributed by atoms with E-state index in [0.29, 0.717) is 25.5 Å². The van der Waals surface area contributed by atoms with Gasteiger partial charge in [0.05, 0.1) is 43.1 Å². The summed E-state index contributed by atoms with van der Waals surface area (Å²) in [5.74, 6) is 0.454. The number of ether oxygens (including phenoxy) is 1. The average Bonchev–Trinajstić information content (AvgIpc) is 3.64. The molecule has 1 unspecified atom stereocenters. The van der Waals surface area contributed by atoms with Crippen LogP contribution in [0.5, 0.6) is 0 Å². The maximum atomic E-state index is 13.7. The zero-order chi connectivity index (χ0) is 29.2. The summed E-state index contributed by atoms with van der Waals surface area (Å²) in [7, 11) is 0. The number of aromatic nitrogens is 5. The molecule has 6 aromatic rings. The lowest BCUT2D eigenvalue weighted by molar-refractivity contribution is 0.0115. The molecule has 1 aliphatic rings. The molecule has 0 saturated carbocycles. The maximum absolute atomic E-state index is 13.7. The van der Waals surface area contributed by atoms with Crippen molar-refractivity contribution in [3.8, 4) is 11.1 Å². The van der Waals surface area contributed by atoms with E-state index >= 15 is 0 Å². The van der Waals surface area contributed by atoms with E-state index in [1.807, 2.05) is 52.0 Å². The van der Waals surface area contributed by atoms with Crippen LogP contribution in [0.2, 0.25) is 0 Å². The molecule has 7 rings (SSSR count). The van der Waals surface area contributed by atoms with Crippen molar-refractivity contribution >= 4 is 33.3 Å². The van der Waals surface area contributed by atoms with Crippen LogP contribution in [0.4, 0.5) is 15.9 Å². The summed E-state index contributed by atoms with van der Waals surface area (Å²) < 4.78 is 23.0. The highest BCUT2D eigenvalue weighted by Crippen LogP contribution is 2.30. The van der Waals surface area contributed by atoms with Gasteiger partial charge in [-0.15, -0.1) is 0 Å². The molecule has 0 bridgehead atoms. The third-order valence-corrected chi connectivity index (χ3v) is 7.84. The Morgan fingerprint density at radius 3 is 2.74 bits per heavy atom. The zero-order valence-electron chi connectivity index (χ0n) is 23.6. The number of β-amino-alcohol motifs (C(OH)–C–C–N with tert-alkyl or cyclic N) is 1. The van der Waals surface area contributed by atoms with Crippen molar-refractivity contribution in [3.63, 3.8) is 0 Å². The Morgan fingerprint density at radius 2 is 1.86 bits per heavy atom. The average molecular weight is 578 g/mol. The van der Waals surface area contributed by atoms with E-state index in [9.17, 15) is 9.50 Å². The molecule has 218 valence electrons. The van der Waals surface area contributed by atoms with E-state index in [0.717, 1.165) is 70.5 Å². The maximum Gasteiger partial charge on any atom is 0.141 e. The van der Waals surface area contributed by atoms with Crippen LogP contribution in [0.15, 0.2) is 91.6 Å². The Kier molecular flexibility index (Phi) is 7.55. The molecule has 1 aliphatic heterocycles. The number of aliphatic hydroxyl groups excluding tert-OH is 1. The predicted octanol–water partition coefficient (Wildman–Crippen LogP) is 5.07. The molecule has 0 spiro atoms. The third-order valence-electron chi connectivity index (χ3n) is 7.84. The summed E-state index contributed by atoms with van der Waals surface area (Å²) in [6, 6.07) is 20.8. The fourth-order valence-electron chi connectivity index (χ4n) is 5.68. The third kappa shape index (κ3) is 6.12. The SMILES string of the molecule is OC(CN1CCOCC1)Cn1ccc(-c2ccc3ncnc(Nc4ccc5c(cnn5Cc5cccc(F)c5)c4)c3c2)c1. The molecular formula is C33H32FN7O2. The molecule has 0 aliphatic carbocycles. The van der Waals surface area contributed by atoms with Gasteiger partial charge in [-0.1, -0.05) is 18.2 Å². The van der Waals surface area contributed by atoms with Crippen LogP contribution in [0.3, 0.4) is 0 Å². The van der Waals surface area contributed by atoms with Crippen LogP contribution < -0.4 is 5.32 Å². The Labute approximate surface area is 248 Å². The highest BCUT2D eigenvalue weighted by molar-refractivity contribution is 5.94. The van der Waals surface area contributed by atoms with Crippen LogP contribution in [0.1, 0.15) is 5.56 Å². The number of aliphatic hydroxyl groups is 1. The molecule has 0 radical (unpaired) electrons. The highest BCUT2D eigenvalue weighted by atomic mass is 19.1. The first-order chi connectivity index (χ1) is 21.1. The van der Waals surface area contributed by atoms with E-state index in [4.69, 9.17) is 4.74 Å². The van der Waals surface area contributed by atoms with Gasteiger partial charge in [0.15, 0.2) is 0 Å². The van der Waals surface area contributed by atoms with Crippen LogP contribution in [-0.2, 0) is 17.8 Å². The van der Waals surface area contributed by atoms with Crippen molar-refractivity contribution in [2.75, 3.05) is 38.2 Å². The van der Waals surface area contributed by atoms with E-state index in [-0.39, 0.29) is 5.82 Å². The molecular weight excluding hydrogens is 545 g/mol. The van der Waals surface area contributed by atoms with Crippen molar-refractivity contribution in [1.82, 2.24) is 29.2 Å². The summed E-state index contributed by atoms with van der Waals surface area (Å²) >= 11 is 0. The van der Waals surface area contributed by atoms with Crippen LogP contribution in [0, 0.1) is 5.82 Å². The monoisotopic (exact) mass is 577 g/mol. The number of fused-ring (bicyclic) bond motifs is 2. The second kappa shape index (κ2) is 11.9. The first kappa shape index (κ1) is 27.2. The summed E-state index contributed by atoms with van der Waals surface area (Å²) in [4.78, 5) is 11.3. The lowest BCUT2D eigenvalue weighted by Gasteiger charge is -2.28. The predicted molar refractivity (Wildman–Crippen MR) is 165 cm³/mol. The van der Waals surface area contributed by atoms with Crippen LogP contribution in [0.25, 0.3) is 32.9 Å². The number of nitrogens with zero attached hydrogens (tertiary/aromatic N) is 6. The standard InChI is InChI=1S/C33H32FN7O2/c34-27-3-1-2-23(14-27)18-41-32-7-5-28(15-26(32)17-37-41)38-33-30-16-24(4-6-31(30)35-22-36-33)25-8-9-40(19-25)21-29(42)20-39-10-12-43-13-11-39/h1-9,14-17,19,22,29,42H,10-13,18,20-21H2,(H,35,36,38). The van der Waals surface area contributed by atoms with Gasteiger partial charge in [0.2, 0.25) is 0 Å². The minimum Gasteiger partial charge on any atom is -0.390 e. The number of benzene rings is 3. The molecule has 43 heavy (non-hydrogen) atoms. The van der Waals surface area contributed by atoms with Gasteiger partial charge in [0.1, 0.15) is 18.0 Å². The molecule has 1 fully saturated rings. The van der Waals surface area contributed by atoms with Gasteiger partial charge in [-0.25, -0.2) is 14.4 Å². The lowest BCUT2D eigenvalue weighted by atomic mass is 10.1. The largest absolute Gasteiger partial charge is 0.390 e. The smallest absolute Gasteiger partial charge is 0.141 e. The molecule has 10 heteroatoms. The molecule has 1 atom stereocenters. The van der Waals surface area contributed by atoms with Crippen molar-refractivity contribution in [1.29, 1.82) is 0 Å². The number of hydrogen-bond acceptors (Lipinski definition) is 7. The number of morpholine rings is 1. The molecule has 2 N–H and O–H groups in total. The number of nitrogens with one attached hydrogen (secondary N) is 1. The fraction of sp³-hybridized carbons (Fsp3) is 0.242. The summed E-state index contributed by atoms with van der Waals surface area (Å²) in [6.45, 7) is 4.82. The second-order valence-corrected chi connectivity index (χ2v) is 10.9. The van der Waals surface area contributed by atoms with Crippen molar-refractivity contribution in [3.05, 3.63) is 103 Å². The first-order valence-corrected chi connectivity index (χ1v) is 14.4. The molecule has 3 aromatic carbocycles. The van der Waals surface area contributed by atoms with Gasteiger partial charge >= 0.3 is 0 Å². The number of halogens is 1. The minimum absolute atomic E-state index is 0.253. The van der Waals surface area contributed by atoms with Gasteiger partial charge in [0, 0.05) is 55.0 Å². The van der Waals surface area contributed by atoms with Gasteiger partial charge in [-0.3, -0.25) is 9.58 Å². The van der Waals surface area contributed by atoms with Crippen molar-refractivity contribution in [2.45, 2.75) is 19.2 Å².